The summed E-state index contributed by atoms with van der Waals surface area (Å²) in [4.78, 5) is 15.1. The Kier molecular flexibility index (Phi) is 6.96. The number of hydrogen-bond acceptors (Lipinski definition) is 6. The van der Waals surface area contributed by atoms with Gasteiger partial charge < -0.3 is 14.8 Å². The molecule has 0 radical (unpaired) electrons. The summed E-state index contributed by atoms with van der Waals surface area (Å²) in [7, 11) is -0.892. The lowest BCUT2D eigenvalue weighted by Crippen LogP contribution is -2.37. The Morgan fingerprint density at radius 2 is 1.87 bits per heavy atom. The first-order chi connectivity index (χ1) is 14.3. The van der Waals surface area contributed by atoms with Gasteiger partial charge in [0.2, 0.25) is 10.0 Å². The van der Waals surface area contributed by atoms with Gasteiger partial charge in [-0.1, -0.05) is 12.1 Å². The number of primary sulfonamides is 1. The number of methoxy groups -OCH3 is 2. The lowest BCUT2D eigenvalue weighted by atomic mass is 10.0. The van der Waals surface area contributed by atoms with Gasteiger partial charge in [-0.05, 0) is 61.8 Å². The van der Waals surface area contributed by atoms with Crippen LogP contribution in [0.3, 0.4) is 0 Å². The van der Waals surface area contributed by atoms with Crippen LogP contribution in [0.5, 0.6) is 11.5 Å². The van der Waals surface area contributed by atoms with Crippen molar-refractivity contribution in [2.24, 2.45) is 5.14 Å². The second-order valence-corrected chi connectivity index (χ2v) is 8.71. The van der Waals surface area contributed by atoms with Gasteiger partial charge in [0.05, 0.1) is 30.7 Å². The number of benzene rings is 2. The summed E-state index contributed by atoms with van der Waals surface area (Å²) in [5.74, 6) is 0.606. The zero-order chi connectivity index (χ0) is 21.7. The molecule has 1 saturated heterocycles. The third-order valence-electron chi connectivity index (χ3n) is 5.26. The van der Waals surface area contributed by atoms with Gasteiger partial charge in [-0.15, -0.1) is 0 Å². The molecule has 0 spiro atoms. The van der Waals surface area contributed by atoms with Gasteiger partial charge in [0.15, 0.2) is 0 Å². The zero-order valence-electron chi connectivity index (χ0n) is 17.1. The summed E-state index contributed by atoms with van der Waals surface area (Å²) < 4.78 is 33.9. The first-order valence-corrected chi connectivity index (χ1v) is 11.2. The number of nitrogens with zero attached hydrogens (tertiary/aromatic N) is 1. The van der Waals surface area contributed by atoms with E-state index in [0.29, 0.717) is 6.54 Å². The topological polar surface area (TPSA) is 111 Å². The molecule has 30 heavy (non-hydrogen) atoms. The molecule has 0 bridgehead atoms. The fourth-order valence-electron chi connectivity index (χ4n) is 3.69. The van der Waals surface area contributed by atoms with Crippen LogP contribution in [-0.4, -0.2) is 53.1 Å². The van der Waals surface area contributed by atoms with E-state index < -0.39 is 15.9 Å². The summed E-state index contributed by atoms with van der Waals surface area (Å²) >= 11 is 0. The van der Waals surface area contributed by atoms with Gasteiger partial charge in [-0.3, -0.25) is 9.69 Å². The van der Waals surface area contributed by atoms with Crippen molar-refractivity contribution in [3.63, 3.8) is 0 Å². The van der Waals surface area contributed by atoms with Crippen LogP contribution in [0.15, 0.2) is 47.4 Å². The summed E-state index contributed by atoms with van der Waals surface area (Å²) in [6.07, 6.45) is 2.22. The molecule has 0 saturated carbocycles. The molecule has 9 heteroatoms. The first-order valence-electron chi connectivity index (χ1n) is 9.70. The molecule has 2 aromatic carbocycles. The number of sulfonamides is 1. The third kappa shape index (κ3) is 5.10. The third-order valence-corrected chi connectivity index (χ3v) is 6.17. The molecule has 1 fully saturated rings. The molecule has 0 aromatic heterocycles. The molecule has 2 aromatic rings. The molecule has 1 amide bonds. The maximum absolute atomic E-state index is 12.9. The van der Waals surface area contributed by atoms with Gasteiger partial charge in [0.1, 0.15) is 11.5 Å². The summed E-state index contributed by atoms with van der Waals surface area (Å²) in [5.41, 5.74) is 1.16. The Labute approximate surface area is 177 Å². The number of hydrogen-bond donors (Lipinski definition) is 2. The fraction of sp³-hybridized carbons (Fsp3) is 0.381. The normalized spacial score (nSPS) is 15.6. The predicted molar refractivity (Wildman–Crippen MR) is 113 cm³/mol. The zero-order valence-corrected chi connectivity index (χ0v) is 17.9. The number of nitrogens with two attached hydrogens (primary N) is 1. The molecular formula is C21H27N3O5S. The van der Waals surface area contributed by atoms with Crippen molar-refractivity contribution in [1.29, 1.82) is 0 Å². The monoisotopic (exact) mass is 433 g/mol. The van der Waals surface area contributed by atoms with Crippen molar-refractivity contribution < 1.29 is 22.7 Å². The molecule has 1 unspecified atom stereocenters. The Morgan fingerprint density at radius 3 is 2.50 bits per heavy atom. The lowest BCUT2D eigenvalue weighted by molar-refractivity contribution is 0.0934. The molecule has 1 aliphatic rings. The highest BCUT2D eigenvalue weighted by Gasteiger charge is 2.25. The van der Waals surface area contributed by atoms with Crippen molar-refractivity contribution in [2.75, 3.05) is 33.9 Å². The Morgan fingerprint density at radius 1 is 1.13 bits per heavy atom. The average Bonchev–Trinajstić information content (AvgIpc) is 3.27. The van der Waals surface area contributed by atoms with Crippen molar-refractivity contribution >= 4 is 15.9 Å². The molecular weight excluding hydrogens is 406 g/mol. The minimum Gasteiger partial charge on any atom is -0.497 e. The number of ether oxygens (including phenoxy) is 2. The maximum atomic E-state index is 12.9. The average molecular weight is 434 g/mol. The highest BCUT2D eigenvalue weighted by Crippen LogP contribution is 2.28. The Balaban J connectivity index is 1.84. The highest BCUT2D eigenvalue weighted by atomic mass is 32.2. The van der Waals surface area contributed by atoms with Gasteiger partial charge >= 0.3 is 0 Å². The molecule has 8 nitrogen and oxygen atoms in total. The molecule has 1 aliphatic heterocycles. The van der Waals surface area contributed by atoms with Crippen LogP contribution in [0.1, 0.15) is 34.8 Å². The van der Waals surface area contributed by atoms with Crippen LogP contribution >= 0.6 is 0 Å². The molecule has 3 rings (SSSR count). The van der Waals surface area contributed by atoms with E-state index in [-0.39, 0.29) is 22.3 Å². The van der Waals surface area contributed by atoms with Crippen molar-refractivity contribution in [2.45, 2.75) is 23.8 Å². The smallest absolute Gasteiger partial charge is 0.255 e. The van der Waals surface area contributed by atoms with E-state index in [1.54, 1.807) is 7.11 Å². The van der Waals surface area contributed by atoms with Gasteiger partial charge in [0.25, 0.3) is 5.91 Å². The molecule has 3 N–H and O–H groups in total. The quantitative estimate of drug-likeness (QED) is 0.658. The SMILES string of the molecule is COc1cccc(C(CNC(=O)c2cc(S(N)(=O)=O)ccc2OC)N2CCCC2)c1. The fourth-order valence-corrected chi connectivity index (χ4v) is 4.23. The minimum absolute atomic E-state index is 0.0287. The van der Waals surface area contributed by atoms with E-state index in [0.717, 1.165) is 37.2 Å². The van der Waals surface area contributed by atoms with Crippen molar-refractivity contribution in [1.82, 2.24) is 10.2 Å². The molecule has 162 valence electrons. The lowest BCUT2D eigenvalue weighted by Gasteiger charge is -2.28. The van der Waals surface area contributed by atoms with Crippen LogP contribution in [0.4, 0.5) is 0 Å². The van der Waals surface area contributed by atoms with Gasteiger partial charge in [-0.25, -0.2) is 13.6 Å². The summed E-state index contributed by atoms with van der Waals surface area (Å²) in [6.45, 7) is 2.25. The largest absolute Gasteiger partial charge is 0.497 e. The van der Waals surface area contributed by atoms with Crippen LogP contribution in [0.2, 0.25) is 0 Å². The molecule has 0 aliphatic carbocycles. The van der Waals surface area contributed by atoms with Crippen molar-refractivity contribution in [3.05, 3.63) is 53.6 Å². The van der Waals surface area contributed by atoms with Gasteiger partial charge in [0, 0.05) is 6.54 Å². The number of carbonyl (C=O) groups is 1. The van der Waals surface area contributed by atoms with Crippen LogP contribution in [0, 0.1) is 0 Å². The van der Waals surface area contributed by atoms with E-state index in [9.17, 15) is 13.2 Å². The van der Waals surface area contributed by atoms with E-state index in [1.807, 2.05) is 24.3 Å². The Hall–Kier alpha value is -2.62. The maximum Gasteiger partial charge on any atom is 0.255 e. The Bertz CT molecular complexity index is 1000. The number of carbonyl (C=O) groups excluding carboxylic acids is 1. The predicted octanol–water partition coefficient (Wildman–Crippen LogP) is 1.92. The summed E-state index contributed by atoms with van der Waals surface area (Å²) in [6, 6.07) is 11.7. The number of likely N-dealkylation sites (tertiary alicyclic amines) is 1. The second-order valence-electron chi connectivity index (χ2n) is 7.15. The number of amides is 1. The number of rotatable bonds is 8. The second kappa shape index (κ2) is 9.46. The summed E-state index contributed by atoms with van der Waals surface area (Å²) in [5, 5.41) is 8.13. The van der Waals surface area contributed by atoms with Crippen molar-refractivity contribution in [3.8, 4) is 11.5 Å². The highest BCUT2D eigenvalue weighted by molar-refractivity contribution is 7.89. The standard InChI is InChI=1S/C21H27N3O5S/c1-28-16-7-5-6-15(12-16)19(24-10-3-4-11-24)14-23-21(25)18-13-17(30(22,26)27)8-9-20(18)29-2/h5-9,12-13,19H,3-4,10-11,14H2,1-2H3,(H,23,25)(H2,22,26,27). The van der Waals surface area contributed by atoms with E-state index in [4.69, 9.17) is 14.6 Å². The molecule has 1 heterocycles. The van der Waals surface area contributed by atoms with Crippen LogP contribution in [-0.2, 0) is 10.0 Å². The van der Waals surface area contributed by atoms with E-state index in [1.165, 1.54) is 25.3 Å². The molecule has 1 atom stereocenters. The minimum atomic E-state index is -3.94. The van der Waals surface area contributed by atoms with Gasteiger partial charge in [-0.2, -0.15) is 0 Å². The van der Waals surface area contributed by atoms with Crippen LogP contribution in [0.25, 0.3) is 0 Å². The first kappa shape index (κ1) is 22.1. The number of nitrogens with one attached hydrogen (secondary N) is 1. The van der Waals surface area contributed by atoms with Crippen LogP contribution < -0.4 is 19.9 Å². The van der Waals surface area contributed by atoms with E-state index >= 15 is 0 Å². The van der Waals surface area contributed by atoms with E-state index in [2.05, 4.69) is 10.2 Å².